The third kappa shape index (κ3) is 2.91. The van der Waals surface area contributed by atoms with Crippen molar-refractivity contribution in [2.45, 2.75) is 39.7 Å². The van der Waals surface area contributed by atoms with Crippen LogP contribution in [0.4, 0.5) is 5.69 Å². The predicted octanol–water partition coefficient (Wildman–Crippen LogP) is 3.30. The van der Waals surface area contributed by atoms with E-state index < -0.39 is 0 Å². The van der Waals surface area contributed by atoms with E-state index in [9.17, 15) is 4.79 Å². The van der Waals surface area contributed by atoms with Gasteiger partial charge in [0.05, 0.1) is 5.56 Å². The van der Waals surface area contributed by atoms with Gasteiger partial charge >= 0.3 is 0 Å². The monoisotopic (exact) mass is 260 g/mol. The molecule has 2 rings (SSSR count). The molecule has 0 spiro atoms. The average Bonchev–Trinajstić information content (AvgIpc) is 2.37. The van der Waals surface area contributed by atoms with Crippen molar-refractivity contribution in [3.05, 3.63) is 29.3 Å². The van der Waals surface area contributed by atoms with Crippen molar-refractivity contribution in [3.8, 4) is 0 Å². The first-order valence-electron chi connectivity index (χ1n) is 7.12. The van der Waals surface area contributed by atoms with Crippen LogP contribution in [0.25, 0.3) is 0 Å². The number of aryl methyl sites for hydroxylation is 1. The van der Waals surface area contributed by atoms with Gasteiger partial charge in [-0.15, -0.1) is 0 Å². The highest BCUT2D eigenvalue weighted by molar-refractivity contribution is 6.00. The quantitative estimate of drug-likeness (QED) is 0.885. The number of carbonyl (C=O) groups excluding carboxylic acids is 1. The average molecular weight is 260 g/mol. The maximum Gasteiger partial charge on any atom is 0.256 e. The number of nitrogens with zero attached hydrogens (tertiary/aromatic N) is 1. The Morgan fingerprint density at radius 1 is 1.37 bits per heavy atom. The first kappa shape index (κ1) is 13.9. The molecule has 1 aromatic carbocycles. The molecule has 3 nitrogen and oxygen atoms in total. The highest BCUT2D eigenvalue weighted by Gasteiger charge is 2.28. The van der Waals surface area contributed by atoms with Gasteiger partial charge in [0.15, 0.2) is 0 Å². The summed E-state index contributed by atoms with van der Waals surface area (Å²) in [7, 11) is 1.87. The summed E-state index contributed by atoms with van der Waals surface area (Å²) >= 11 is 0. The van der Waals surface area contributed by atoms with E-state index in [1.165, 1.54) is 5.56 Å². The number of rotatable bonds is 2. The molecular formula is C16H24N2O. The Labute approximate surface area is 116 Å². The fraction of sp³-hybridized carbons (Fsp3) is 0.562. The third-order valence-electron chi connectivity index (χ3n) is 4.07. The normalized spacial score (nSPS) is 23.3. The van der Waals surface area contributed by atoms with E-state index in [1.807, 2.05) is 37.1 Å². The molecule has 2 atom stereocenters. The molecule has 1 heterocycles. The minimum absolute atomic E-state index is 0.156. The molecule has 1 aliphatic heterocycles. The molecule has 1 aliphatic rings. The van der Waals surface area contributed by atoms with Gasteiger partial charge in [0.1, 0.15) is 0 Å². The number of nitrogens with one attached hydrogen (secondary N) is 1. The van der Waals surface area contributed by atoms with Crippen LogP contribution in [0.5, 0.6) is 0 Å². The van der Waals surface area contributed by atoms with E-state index in [2.05, 4.69) is 19.2 Å². The zero-order chi connectivity index (χ0) is 14.0. The van der Waals surface area contributed by atoms with Crippen molar-refractivity contribution in [3.63, 3.8) is 0 Å². The number of hydrogen-bond donors (Lipinski definition) is 1. The fourth-order valence-corrected chi connectivity index (χ4v) is 2.92. The zero-order valence-corrected chi connectivity index (χ0v) is 12.4. The van der Waals surface area contributed by atoms with Crippen LogP contribution < -0.4 is 5.32 Å². The molecule has 1 fully saturated rings. The topological polar surface area (TPSA) is 32.3 Å². The molecule has 1 aromatic rings. The fourth-order valence-electron chi connectivity index (χ4n) is 2.92. The number of hydrogen-bond acceptors (Lipinski definition) is 2. The Hall–Kier alpha value is -1.51. The van der Waals surface area contributed by atoms with Crippen LogP contribution in [-0.2, 0) is 0 Å². The molecule has 0 aliphatic carbocycles. The van der Waals surface area contributed by atoms with Crippen LogP contribution in [0, 0.1) is 12.8 Å². The lowest BCUT2D eigenvalue weighted by Crippen LogP contribution is -2.44. The molecule has 1 amide bonds. The van der Waals surface area contributed by atoms with Crippen molar-refractivity contribution in [1.29, 1.82) is 0 Å². The lowest BCUT2D eigenvalue weighted by Gasteiger charge is -2.37. The lowest BCUT2D eigenvalue weighted by atomic mass is 9.92. The molecule has 0 radical (unpaired) electrons. The summed E-state index contributed by atoms with van der Waals surface area (Å²) < 4.78 is 0. The third-order valence-corrected chi connectivity index (χ3v) is 4.07. The largest absolute Gasteiger partial charge is 0.387 e. The number of amides is 1. The van der Waals surface area contributed by atoms with Crippen molar-refractivity contribution in [2.24, 2.45) is 5.92 Å². The molecule has 19 heavy (non-hydrogen) atoms. The van der Waals surface area contributed by atoms with E-state index in [0.29, 0.717) is 6.04 Å². The first-order chi connectivity index (χ1) is 9.02. The second-order valence-corrected chi connectivity index (χ2v) is 5.78. The smallest absolute Gasteiger partial charge is 0.256 e. The van der Waals surface area contributed by atoms with Crippen LogP contribution >= 0.6 is 0 Å². The standard InChI is InChI=1S/C16H24N2O/c1-11-5-6-14(15(10-11)17-4)16(19)18-8-7-12(2)9-13(18)3/h5-6,10,12-13,17H,7-9H2,1-4H3. The Morgan fingerprint density at radius 2 is 2.11 bits per heavy atom. The maximum atomic E-state index is 12.7. The Kier molecular flexibility index (Phi) is 4.13. The molecule has 2 unspecified atom stereocenters. The number of anilines is 1. The molecule has 0 saturated carbocycles. The summed E-state index contributed by atoms with van der Waals surface area (Å²) in [6.45, 7) is 7.34. The van der Waals surface area contributed by atoms with Gasteiger partial charge in [-0.3, -0.25) is 4.79 Å². The second-order valence-electron chi connectivity index (χ2n) is 5.78. The summed E-state index contributed by atoms with van der Waals surface area (Å²) in [5, 5.41) is 3.13. The van der Waals surface area contributed by atoms with Crippen molar-refractivity contribution in [1.82, 2.24) is 4.90 Å². The molecule has 0 aromatic heterocycles. The number of piperidine rings is 1. The predicted molar refractivity (Wildman–Crippen MR) is 79.6 cm³/mol. The second kappa shape index (κ2) is 5.64. The van der Waals surface area contributed by atoms with E-state index in [0.717, 1.165) is 36.6 Å². The minimum Gasteiger partial charge on any atom is -0.387 e. The number of carbonyl (C=O) groups is 1. The van der Waals surface area contributed by atoms with Crippen LogP contribution in [0.15, 0.2) is 18.2 Å². The van der Waals surface area contributed by atoms with Gasteiger partial charge in [0, 0.05) is 25.3 Å². The van der Waals surface area contributed by atoms with Gasteiger partial charge in [-0.25, -0.2) is 0 Å². The first-order valence-corrected chi connectivity index (χ1v) is 7.12. The number of likely N-dealkylation sites (tertiary alicyclic amines) is 1. The highest BCUT2D eigenvalue weighted by Crippen LogP contribution is 2.26. The Balaban J connectivity index is 2.24. The highest BCUT2D eigenvalue weighted by atomic mass is 16.2. The van der Waals surface area contributed by atoms with Crippen LogP contribution in [0.1, 0.15) is 42.6 Å². The summed E-state index contributed by atoms with van der Waals surface area (Å²) in [5.41, 5.74) is 2.88. The van der Waals surface area contributed by atoms with Gasteiger partial charge in [-0.05, 0) is 50.3 Å². The Morgan fingerprint density at radius 3 is 2.74 bits per heavy atom. The van der Waals surface area contributed by atoms with E-state index in [-0.39, 0.29) is 5.91 Å². The molecule has 0 bridgehead atoms. The van der Waals surface area contributed by atoms with Gasteiger partial charge in [0.25, 0.3) is 5.91 Å². The van der Waals surface area contributed by atoms with Gasteiger partial charge in [-0.1, -0.05) is 13.0 Å². The lowest BCUT2D eigenvalue weighted by molar-refractivity contribution is 0.0589. The SMILES string of the molecule is CNc1cc(C)ccc1C(=O)N1CCC(C)CC1C. The van der Waals surface area contributed by atoms with Crippen molar-refractivity contribution >= 4 is 11.6 Å². The van der Waals surface area contributed by atoms with Crippen molar-refractivity contribution < 1.29 is 4.79 Å². The summed E-state index contributed by atoms with van der Waals surface area (Å²) in [6, 6.07) is 6.31. The molecular weight excluding hydrogens is 236 g/mol. The van der Waals surface area contributed by atoms with Gasteiger partial charge in [0.2, 0.25) is 0 Å². The van der Waals surface area contributed by atoms with Crippen LogP contribution in [0.2, 0.25) is 0 Å². The maximum absolute atomic E-state index is 12.7. The minimum atomic E-state index is 0.156. The number of benzene rings is 1. The molecule has 1 saturated heterocycles. The van der Waals surface area contributed by atoms with E-state index in [1.54, 1.807) is 0 Å². The summed E-state index contributed by atoms with van der Waals surface area (Å²) in [4.78, 5) is 14.7. The summed E-state index contributed by atoms with van der Waals surface area (Å²) in [6.07, 6.45) is 2.21. The van der Waals surface area contributed by atoms with Gasteiger partial charge < -0.3 is 10.2 Å². The molecule has 1 N–H and O–H groups in total. The Bertz CT molecular complexity index is 470. The molecule has 104 valence electrons. The summed E-state index contributed by atoms with van der Waals surface area (Å²) in [5.74, 6) is 0.879. The van der Waals surface area contributed by atoms with Crippen LogP contribution in [-0.4, -0.2) is 30.4 Å². The van der Waals surface area contributed by atoms with Crippen molar-refractivity contribution in [2.75, 3.05) is 18.9 Å². The van der Waals surface area contributed by atoms with E-state index >= 15 is 0 Å². The van der Waals surface area contributed by atoms with Gasteiger partial charge in [-0.2, -0.15) is 0 Å². The van der Waals surface area contributed by atoms with Crippen LogP contribution in [0.3, 0.4) is 0 Å². The van der Waals surface area contributed by atoms with E-state index in [4.69, 9.17) is 0 Å². The zero-order valence-electron chi connectivity index (χ0n) is 12.4. The molecule has 3 heteroatoms.